The Hall–Kier alpha value is -3.75. The smallest absolute Gasteiger partial charge is 0.259 e. The monoisotopic (exact) mass is 413 g/mol. The number of rotatable bonds is 7. The van der Waals surface area contributed by atoms with E-state index in [1.54, 1.807) is 50.4 Å². The molecule has 9 nitrogen and oxygen atoms in total. The van der Waals surface area contributed by atoms with Gasteiger partial charge in [0.2, 0.25) is 0 Å². The van der Waals surface area contributed by atoms with E-state index in [4.69, 9.17) is 18.9 Å². The van der Waals surface area contributed by atoms with Crippen LogP contribution >= 0.6 is 0 Å². The quantitative estimate of drug-likeness (QED) is 0.529. The van der Waals surface area contributed by atoms with Gasteiger partial charge in [-0.25, -0.2) is 5.43 Å². The number of carbonyl (C=O) groups excluding carboxylic acids is 2. The number of hydrogen-bond donors (Lipinski definition) is 2. The molecule has 0 aliphatic carbocycles. The van der Waals surface area contributed by atoms with E-state index in [0.717, 1.165) is 0 Å². The van der Waals surface area contributed by atoms with Crippen molar-refractivity contribution in [1.29, 1.82) is 0 Å². The molecule has 0 atom stereocenters. The second-order valence-electron chi connectivity index (χ2n) is 6.34. The molecule has 158 valence electrons. The van der Waals surface area contributed by atoms with Crippen LogP contribution in [-0.4, -0.2) is 51.5 Å². The summed E-state index contributed by atoms with van der Waals surface area (Å²) in [4.78, 5) is 24.4. The molecule has 0 fully saturated rings. The Bertz CT molecular complexity index is 973. The van der Waals surface area contributed by atoms with Crippen LogP contribution in [0.5, 0.6) is 23.0 Å². The predicted octanol–water partition coefficient (Wildman–Crippen LogP) is 1.75. The van der Waals surface area contributed by atoms with Crippen LogP contribution < -0.4 is 29.7 Å². The number of fused-ring (bicyclic) bond motifs is 1. The molecule has 3 rings (SSSR count). The van der Waals surface area contributed by atoms with Crippen molar-refractivity contribution < 1.29 is 28.5 Å². The Morgan fingerprint density at radius 3 is 2.53 bits per heavy atom. The van der Waals surface area contributed by atoms with Crippen LogP contribution in [0.4, 0.5) is 0 Å². The van der Waals surface area contributed by atoms with Crippen LogP contribution in [0.25, 0.3) is 0 Å². The van der Waals surface area contributed by atoms with Crippen molar-refractivity contribution in [3.63, 3.8) is 0 Å². The average molecular weight is 413 g/mol. The summed E-state index contributed by atoms with van der Waals surface area (Å²) in [7, 11) is 3.10. The summed E-state index contributed by atoms with van der Waals surface area (Å²) in [6.07, 6.45) is 0. The molecule has 2 aromatic rings. The first-order valence-corrected chi connectivity index (χ1v) is 9.25. The molecule has 0 spiro atoms. The minimum Gasteiger partial charge on any atom is -0.497 e. The molecule has 2 N–H and O–H groups in total. The lowest BCUT2D eigenvalue weighted by Crippen LogP contribution is -2.35. The summed E-state index contributed by atoms with van der Waals surface area (Å²) < 4.78 is 21.4. The Morgan fingerprint density at radius 1 is 1.03 bits per heavy atom. The summed E-state index contributed by atoms with van der Waals surface area (Å²) in [5, 5.41) is 6.62. The van der Waals surface area contributed by atoms with Gasteiger partial charge in [-0.1, -0.05) is 0 Å². The lowest BCUT2D eigenvalue weighted by atomic mass is 10.1. The third-order valence-electron chi connectivity index (χ3n) is 4.36. The van der Waals surface area contributed by atoms with E-state index in [0.29, 0.717) is 53.1 Å². The average Bonchev–Trinajstić information content (AvgIpc) is 2.80. The topological polar surface area (TPSA) is 107 Å². The van der Waals surface area contributed by atoms with Crippen molar-refractivity contribution in [2.24, 2.45) is 5.10 Å². The summed E-state index contributed by atoms with van der Waals surface area (Å²) >= 11 is 0. The number of ether oxygens (including phenoxy) is 4. The van der Waals surface area contributed by atoms with Gasteiger partial charge < -0.3 is 24.3 Å². The van der Waals surface area contributed by atoms with Crippen molar-refractivity contribution in [2.75, 3.05) is 34.0 Å². The van der Waals surface area contributed by atoms with Crippen LogP contribution in [0.2, 0.25) is 0 Å². The largest absolute Gasteiger partial charge is 0.497 e. The first-order valence-electron chi connectivity index (χ1n) is 9.25. The minimum absolute atomic E-state index is 0.232. The lowest BCUT2D eigenvalue weighted by Gasteiger charge is -2.18. The van der Waals surface area contributed by atoms with Gasteiger partial charge in [-0.3, -0.25) is 9.59 Å². The van der Waals surface area contributed by atoms with Gasteiger partial charge >= 0.3 is 0 Å². The van der Waals surface area contributed by atoms with Gasteiger partial charge in [-0.05, 0) is 37.3 Å². The standard InChI is InChI=1S/C21H23N3O6/c1-13(16-6-5-15(27-2)11-18(16)28-3)23-24-20(25)12-22-21(26)14-4-7-17-19(10-14)30-9-8-29-17/h4-7,10-11H,8-9,12H2,1-3H3,(H,22,26)(H,24,25). The first-order chi connectivity index (χ1) is 14.5. The summed E-state index contributed by atoms with van der Waals surface area (Å²) in [5.74, 6) is 1.44. The highest BCUT2D eigenvalue weighted by atomic mass is 16.6. The molecule has 0 bridgehead atoms. The van der Waals surface area contributed by atoms with Gasteiger partial charge in [0.15, 0.2) is 11.5 Å². The normalized spacial score (nSPS) is 12.7. The maximum absolute atomic E-state index is 12.3. The zero-order valence-corrected chi connectivity index (χ0v) is 17.0. The summed E-state index contributed by atoms with van der Waals surface area (Å²) in [5.41, 5.74) is 4.04. The molecule has 1 aliphatic rings. The predicted molar refractivity (Wildman–Crippen MR) is 110 cm³/mol. The number of hydrogen-bond acceptors (Lipinski definition) is 7. The Labute approximate surface area is 174 Å². The number of benzene rings is 2. The van der Waals surface area contributed by atoms with Gasteiger partial charge in [0.05, 0.1) is 26.5 Å². The molecule has 1 aliphatic heterocycles. The molecule has 0 aromatic heterocycles. The molecule has 2 aromatic carbocycles. The molecule has 0 unspecified atom stereocenters. The highest BCUT2D eigenvalue weighted by molar-refractivity contribution is 6.02. The fraction of sp³-hybridized carbons (Fsp3) is 0.286. The van der Waals surface area contributed by atoms with Crippen molar-refractivity contribution in [3.8, 4) is 23.0 Å². The number of nitrogens with one attached hydrogen (secondary N) is 2. The van der Waals surface area contributed by atoms with Crippen molar-refractivity contribution in [3.05, 3.63) is 47.5 Å². The van der Waals surface area contributed by atoms with E-state index in [2.05, 4.69) is 15.8 Å². The third kappa shape index (κ3) is 4.99. The van der Waals surface area contributed by atoms with Gasteiger partial charge in [0.25, 0.3) is 11.8 Å². The van der Waals surface area contributed by atoms with Gasteiger partial charge in [0, 0.05) is 17.2 Å². The Balaban J connectivity index is 1.56. The van der Waals surface area contributed by atoms with Crippen LogP contribution in [-0.2, 0) is 4.79 Å². The van der Waals surface area contributed by atoms with Gasteiger partial charge in [-0.2, -0.15) is 5.10 Å². The highest BCUT2D eigenvalue weighted by Crippen LogP contribution is 2.30. The van der Waals surface area contributed by atoms with Crippen LogP contribution in [0.1, 0.15) is 22.8 Å². The summed E-state index contributed by atoms with van der Waals surface area (Å²) in [6, 6.07) is 10.1. The van der Waals surface area contributed by atoms with Crippen molar-refractivity contribution in [1.82, 2.24) is 10.7 Å². The van der Waals surface area contributed by atoms with Crippen molar-refractivity contribution >= 4 is 17.5 Å². The number of amides is 2. The van der Waals surface area contributed by atoms with Gasteiger partial charge in [0.1, 0.15) is 24.7 Å². The van der Waals surface area contributed by atoms with E-state index < -0.39 is 11.8 Å². The van der Waals surface area contributed by atoms with Crippen molar-refractivity contribution in [2.45, 2.75) is 6.92 Å². The van der Waals surface area contributed by atoms with E-state index in [1.807, 2.05) is 0 Å². The van der Waals surface area contributed by atoms with Crippen LogP contribution in [0, 0.1) is 0 Å². The SMILES string of the molecule is COc1ccc(C(C)=NNC(=O)CNC(=O)c2ccc3c(c2)OCCO3)c(OC)c1. The Kier molecular flexibility index (Phi) is 6.74. The molecule has 2 amide bonds. The molecular weight excluding hydrogens is 390 g/mol. The second kappa shape index (κ2) is 9.64. The molecule has 0 radical (unpaired) electrons. The molecule has 30 heavy (non-hydrogen) atoms. The van der Waals surface area contributed by atoms with Gasteiger partial charge in [-0.15, -0.1) is 0 Å². The van der Waals surface area contributed by atoms with E-state index >= 15 is 0 Å². The summed E-state index contributed by atoms with van der Waals surface area (Å²) in [6.45, 7) is 2.40. The second-order valence-corrected chi connectivity index (χ2v) is 6.34. The maximum Gasteiger partial charge on any atom is 0.259 e. The third-order valence-corrected chi connectivity index (χ3v) is 4.36. The zero-order valence-electron chi connectivity index (χ0n) is 17.0. The Morgan fingerprint density at radius 2 is 1.80 bits per heavy atom. The lowest BCUT2D eigenvalue weighted by molar-refractivity contribution is -0.120. The number of methoxy groups -OCH3 is 2. The van der Waals surface area contributed by atoms with Crippen LogP contribution in [0.15, 0.2) is 41.5 Å². The highest BCUT2D eigenvalue weighted by Gasteiger charge is 2.15. The molecule has 1 heterocycles. The number of carbonyl (C=O) groups is 2. The molecular formula is C21H23N3O6. The van der Waals surface area contributed by atoms with E-state index in [1.165, 1.54) is 7.11 Å². The fourth-order valence-electron chi connectivity index (χ4n) is 2.79. The molecule has 0 saturated heterocycles. The minimum atomic E-state index is -0.465. The fourth-order valence-corrected chi connectivity index (χ4v) is 2.79. The van der Waals surface area contributed by atoms with E-state index in [-0.39, 0.29) is 6.54 Å². The molecule has 0 saturated carbocycles. The zero-order chi connectivity index (χ0) is 21.5. The van der Waals surface area contributed by atoms with E-state index in [9.17, 15) is 9.59 Å². The molecule has 9 heteroatoms. The van der Waals surface area contributed by atoms with Crippen LogP contribution in [0.3, 0.4) is 0 Å². The first kappa shape index (κ1) is 21.0. The maximum atomic E-state index is 12.3. The number of nitrogens with zero attached hydrogens (tertiary/aromatic N) is 1. The number of hydrazone groups is 1.